The van der Waals surface area contributed by atoms with Crippen molar-refractivity contribution in [3.8, 4) is 33.6 Å². The Kier molecular flexibility index (Phi) is 13.9. The number of nitrogens with zero attached hydrogens (tertiary/aromatic N) is 2. The van der Waals surface area contributed by atoms with E-state index in [9.17, 15) is 0 Å². The molecule has 2 unspecified atom stereocenters. The standard InChI is InChI=1S/C99H66N2O2/c1-99(73-50-54-75(55-51-73)101-87-45-19-17-39-79(87)81-57-49-68(61-89(81)101)63-26-8-3-9-27-63)95(64-46-52-74(53-47-64)100-86-44-18-16-38-78(86)80-56-48-67(60-88(80)100)62-24-6-2-7-25-62)90(69-32-20-34-71(58-69)97(102)65-28-10-4-11-29-65)93-84-42-22-40-82-76-36-14-15-37-77(76)83-41-23-43-85(92(83)91(82)84)94(93)96(99)70-33-21-35-72(59-70)98(103)66-30-12-5-13-31-66/h2-20,22-32,34-61,95H,21,33H2,1H3. The number of fused-ring (bicyclic) bond motifs is 12. The zero-order chi connectivity index (χ0) is 68.4. The van der Waals surface area contributed by atoms with E-state index in [1.807, 2.05) is 66.7 Å². The lowest BCUT2D eigenvalue weighted by atomic mass is 9.56. The molecule has 0 spiro atoms. The van der Waals surface area contributed by atoms with Crippen LogP contribution in [0.2, 0.25) is 0 Å². The van der Waals surface area contributed by atoms with Crippen molar-refractivity contribution in [3.63, 3.8) is 0 Å². The van der Waals surface area contributed by atoms with Gasteiger partial charge < -0.3 is 9.13 Å². The zero-order valence-corrected chi connectivity index (χ0v) is 56.7. The Hall–Kier alpha value is -13.0. The number of benzene rings is 16. The lowest BCUT2D eigenvalue weighted by molar-refractivity contribution is 0.103. The third kappa shape index (κ3) is 9.37. The minimum absolute atomic E-state index is 0.00336. The molecule has 0 saturated carbocycles. The molecule has 0 aliphatic heterocycles. The minimum atomic E-state index is -0.930. The first kappa shape index (κ1) is 60.0. The molecule has 0 saturated heterocycles. The second-order valence-corrected chi connectivity index (χ2v) is 28.1. The molecule has 484 valence electrons. The van der Waals surface area contributed by atoms with Gasteiger partial charge in [-0.05, 0) is 183 Å². The monoisotopic (exact) mass is 1310 g/mol. The van der Waals surface area contributed by atoms with Gasteiger partial charge in [-0.3, -0.25) is 9.59 Å². The van der Waals surface area contributed by atoms with Gasteiger partial charge in [0.05, 0.1) is 22.1 Å². The van der Waals surface area contributed by atoms with Crippen LogP contribution in [0.5, 0.6) is 0 Å². The Morgan fingerprint density at radius 3 is 1.32 bits per heavy atom. The van der Waals surface area contributed by atoms with Crippen LogP contribution in [0.1, 0.15) is 68.7 Å². The SMILES string of the molecule is CC1(c2ccc(-n3c4ccccc4c4ccc(-c5ccccc5)cc43)cc2)C(C2=CC(C(=O)c3ccccc3)=CCC2)=c2c(c3cccc4c5ccccc5c5cccc2c5c34)=C(c2cccc(C(=O)c3ccccc3)c2)C1c1ccc(-n2c3ccccc3c3ccc(-c4ccccc4)cc32)cc1. The molecule has 2 aliphatic rings. The maximum absolute atomic E-state index is 15.3. The normalized spacial score (nSPS) is 15.4. The van der Waals surface area contributed by atoms with Crippen LogP contribution >= 0.6 is 0 Å². The highest BCUT2D eigenvalue weighted by Crippen LogP contribution is 2.56. The van der Waals surface area contributed by atoms with Gasteiger partial charge in [0.15, 0.2) is 11.6 Å². The van der Waals surface area contributed by atoms with Crippen molar-refractivity contribution in [2.45, 2.75) is 31.1 Å². The number of hydrogen-bond acceptors (Lipinski definition) is 2. The highest BCUT2D eigenvalue weighted by Gasteiger charge is 2.48. The molecule has 0 amide bonds. The summed E-state index contributed by atoms with van der Waals surface area (Å²) in [5.41, 5.74) is 19.5. The van der Waals surface area contributed by atoms with Crippen LogP contribution in [-0.2, 0) is 5.41 Å². The maximum atomic E-state index is 15.3. The molecule has 0 radical (unpaired) electrons. The van der Waals surface area contributed by atoms with Crippen LogP contribution in [0, 0.1) is 0 Å². The lowest BCUT2D eigenvalue weighted by Gasteiger charge is -2.46. The topological polar surface area (TPSA) is 44.0 Å². The number of ketones is 2. The van der Waals surface area contributed by atoms with Crippen LogP contribution < -0.4 is 10.4 Å². The molecule has 0 N–H and O–H groups in total. The van der Waals surface area contributed by atoms with Crippen LogP contribution in [-0.4, -0.2) is 20.7 Å². The molecule has 20 rings (SSSR count). The van der Waals surface area contributed by atoms with Crippen molar-refractivity contribution < 1.29 is 9.59 Å². The number of carbonyl (C=O) groups is 2. The summed E-state index contributed by atoms with van der Waals surface area (Å²) >= 11 is 0. The first-order valence-corrected chi connectivity index (χ1v) is 35.8. The van der Waals surface area contributed by atoms with Crippen molar-refractivity contribution in [2.24, 2.45) is 0 Å². The van der Waals surface area contributed by atoms with E-state index in [-0.39, 0.29) is 11.6 Å². The molecule has 18 aromatic rings. The van der Waals surface area contributed by atoms with Gasteiger partial charge in [0.1, 0.15) is 0 Å². The van der Waals surface area contributed by atoms with Crippen molar-refractivity contribution in [1.29, 1.82) is 0 Å². The molecule has 16 aromatic carbocycles. The second kappa shape index (κ2) is 23.8. The Balaban J connectivity index is 0.926. The first-order chi connectivity index (χ1) is 50.8. The molecule has 0 bridgehead atoms. The van der Waals surface area contributed by atoms with Gasteiger partial charge in [-0.15, -0.1) is 0 Å². The molecule has 4 nitrogen and oxygen atoms in total. The van der Waals surface area contributed by atoms with Crippen molar-refractivity contribution in [2.75, 3.05) is 0 Å². The van der Waals surface area contributed by atoms with Crippen LogP contribution in [0.25, 0.3) is 131 Å². The third-order valence-electron chi connectivity index (χ3n) is 22.5. The average molecular weight is 1320 g/mol. The van der Waals surface area contributed by atoms with Crippen LogP contribution in [0.3, 0.4) is 0 Å². The largest absolute Gasteiger partial charge is 0.309 e. The summed E-state index contributed by atoms with van der Waals surface area (Å²) in [6.45, 7) is 2.50. The fourth-order valence-electron chi connectivity index (χ4n) is 18.0. The van der Waals surface area contributed by atoms with E-state index in [1.165, 1.54) is 59.4 Å². The molecule has 4 heteroatoms. The van der Waals surface area contributed by atoms with Crippen molar-refractivity contribution in [3.05, 3.63) is 407 Å². The van der Waals surface area contributed by atoms with E-state index in [4.69, 9.17) is 0 Å². The first-order valence-electron chi connectivity index (χ1n) is 35.8. The average Bonchev–Trinajstić information content (AvgIpc) is 1.33. The summed E-state index contributed by atoms with van der Waals surface area (Å²) in [4.78, 5) is 30.5. The molecular weight excluding hydrogens is 1250 g/mol. The summed E-state index contributed by atoms with van der Waals surface area (Å²) in [5, 5.41) is 16.5. The third-order valence-corrected chi connectivity index (χ3v) is 22.5. The van der Waals surface area contributed by atoms with Gasteiger partial charge in [-0.2, -0.15) is 0 Å². The van der Waals surface area contributed by atoms with Gasteiger partial charge in [-0.25, -0.2) is 0 Å². The van der Waals surface area contributed by atoms with E-state index < -0.39 is 11.3 Å². The van der Waals surface area contributed by atoms with E-state index in [2.05, 4.69) is 301 Å². The van der Waals surface area contributed by atoms with Gasteiger partial charge in [0, 0.05) is 66.5 Å². The van der Waals surface area contributed by atoms with Crippen LogP contribution in [0.15, 0.2) is 363 Å². The van der Waals surface area contributed by atoms with E-state index >= 15 is 9.59 Å². The molecular formula is C99H66N2O2. The number of Topliss-reactive ketones (excluding diaryl/α,β-unsaturated/α-hetero) is 1. The fraction of sp³-hybridized carbons (Fsp3) is 0.0505. The van der Waals surface area contributed by atoms with E-state index in [1.54, 1.807) is 0 Å². The molecule has 2 heterocycles. The fourth-order valence-corrected chi connectivity index (χ4v) is 18.0. The molecule has 103 heavy (non-hydrogen) atoms. The molecule has 0 fully saturated rings. The van der Waals surface area contributed by atoms with Gasteiger partial charge in [0.25, 0.3) is 0 Å². The summed E-state index contributed by atoms with van der Waals surface area (Å²) in [7, 11) is 0. The number of rotatable bonds is 12. The van der Waals surface area contributed by atoms with E-state index in [0.717, 1.165) is 105 Å². The quantitative estimate of drug-likeness (QED) is 0.0695. The summed E-state index contributed by atoms with van der Waals surface area (Å²) in [6.07, 6.45) is 5.77. The van der Waals surface area contributed by atoms with Crippen LogP contribution in [0.4, 0.5) is 0 Å². The van der Waals surface area contributed by atoms with Crippen molar-refractivity contribution in [1.82, 2.24) is 9.13 Å². The number of allylic oxidation sites excluding steroid dienone is 4. The Bertz CT molecular complexity index is 6740. The number of hydrogen-bond donors (Lipinski definition) is 0. The number of para-hydroxylation sites is 2. The Morgan fingerprint density at radius 1 is 0.340 bits per heavy atom. The highest BCUT2D eigenvalue weighted by molar-refractivity contribution is 6.34. The molecule has 2 atom stereocenters. The Morgan fingerprint density at radius 2 is 0.767 bits per heavy atom. The second-order valence-electron chi connectivity index (χ2n) is 28.1. The summed E-state index contributed by atoms with van der Waals surface area (Å²) in [6, 6.07) is 122. The predicted molar refractivity (Wildman–Crippen MR) is 428 cm³/mol. The highest BCUT2D eigenvalue weighted by atomic mass is 16.1. The lowest BCUT2D eigenvalue weighted by Crippen LogP contribution is -2.48. The predicted octanol–water partition coefficient (Wildman–Crippen LogP) is 23.1. The summed E-state index contributed by atoms with van der Waals surface area (Å²) in [5.74, 6) is -0.475. The van der Waals surface area contributed by atoms with Crippen molar-refractivity contribution >= 4 is 109 Å². The van der Waals surface area contributed by atoms with Gasteiger partial charge >= 0.3 is 0 Å². The Labute approximate surface area is 596 Å². The van der Waals surface area contributed by atoms with E-state index in [0.29, 0.717) is 35.1 Å². The number of aromatic nitrogens is 2. The molecule has 2 aliphatic carbocycles. The van der Waals surface area contributed by atoms with Gasteiger partial charge in [0.2, 0.25) is 0 Å². The number of carbonyl (C=O) groups excluding carboxylic acids is 2. The smallest absolute Gasteiger partial charge is 0.193 e. The molecule has 2 aromatic heterocycles. The maximum Gasteiger partial charge on any atom is 0.193 e. The van der Waals surface area contributed by atoms with Gasteiger partial charge in [-0.1, -0.05) is 298 Å². The zero-order valence-electron chi connectivity index (χ0n) is 56.7. The minimum Gasteiger partial charge on any atom is -0.309 e. The summed E-state index contributed by atoms with van der Waals surface area (Å²) < 4.78 is 4.88.